The van der Waals surface area contributed by atoms with Gasteiger partial charge in [-0.05, 0) is 0 Å². The third-order valence-corrected chi connectivity index (χ3v) is 4.05. The van der Waals surface area contributed by atoms with E-state index < -0.39 is 53.4 Å². The minimum absolute atomic E-state index is 0.278. The lowest BCUT2D eigenvalue weighted by molar-refractivity contribution is -0.454. The van der Waals surface area contributed by atoms with Crippen molar-refractivity contribution in [3.63, 3.8) is 0 Å². The minimum Gasteiger partial charge on any atom is -0.332 e. The number of halogens is 15. The van der Waals surface area contributed by atoms with Gasteiger partial charge in [-0.1, -0.05) is 35.5 Å². The fourth-order valence-electron chi connectivity index (χ4n) is 2.16. The van der Waals surface area contributed by atoms with Gasteiger partial charge in [0, 0.05) is 5.56 Å². The lowest BCUT2D eigenvalue weighted by atomic mass is 9.91. The molecule has 0 spiro atoms. The minimum atomic E-state index is -8.38. The van der Waals surface area contributed by atoms with Crippen LogP contribution in [0, 0.1) is 0 Å². The molecule has 0 saturated carbocycles. The Labute approximate surface area is 171 Å². The van der Waals surface area contributed by atoms with Gasteiger partial charge in [0.2, 0.25) is 5.82 Å². The first-order valence-corrected chi connectivity index (χ1v) is 7.80. The second-order valence-electron chi connectivity index (χ2n) is 6.23. The van der Waals surface area contributed by atoms with Gasteiger partial charge < -0.3 is 4.52 Å². The molecule has 0 aliphatic rings. The quantitative estimate of drug-likeness (QED) is 0.393. The molecule has 0 unspecified atom stereocenters. The summed E-state index contributed by atoms with van der Waals surface area (Å²) in [5.41, 5.74) is -0.278. The molecule has 3 nitrogen and oxygen atoms in total. The molecule has 1 heterocycles. The molecule has 2 rings (SSSR count). The van der Waals surface area contributed by atoms with Crippen molar-refractivity contribution in [2.24, 2.45) is 0 Å². The summed E-state index contributed by atoms with van der Waals surface area (Å²) in [6.45, 7) is 0. The van der Waals surface area contributed by atoms with Gasteiger partial charge in [0.25, 0.3) is 0 Å². The smallest absolute Gasteiger partial charge is 0.332 e. The molecule has 0 bridgehead atoms. The molecular weight excluding hydrogens is 509 g/mol. The molecule has 33 heavy (non-hydrogen) atoms. The third kappa shape index (κ3) is 3.56. The van der Waals surface area contributed by atoms with Gasteiger partial charge in [-0.2, -0.15) is 70.8 Å². The number of hydrogen-bond donors (Lipinski definition) is 0. The first-order valence-electron chi connectivity index (χ1n) is 7.80. The molecule has 0 radical (unpaired) electrons. The standard InChI is InChI=1S/C15H5F15N2O/c16-9(17,8-31-7(32-33-8)6-4-2-1-3-5-6)10(18,19)11(20,21)12(22,23)13(24,25)14(26,27)15(28,29)30/h1-5H. The largest absolute Gasteiger partial charge is 0.460 e. The van der Waals surface area contributed by atoms with Crippen molar-refractivity contribution in [1.82, 2.24) is 10.1 Å². The molecule has 0 aliphatic carbocycles. The Hall–Kier alpha value is -2.69. The predicted molar refractivity (Wildman–Crippen MR) is 74.4 cm³/mol. The highest BCUT2D eigenvalue weighted by Gasteiger charge is 2.94. The maximum absolute atomic E-state index is 14.0. The lowest BCUT2D eigenvalue weighted by Crippen LogP contribution is -2.72. The Kier molecular flexibility index (Phi) is 5.96. The Morgan fingerprint density at radius 1 is 0.545 bits per heavy atom. The van der Waals surface area contributed by atoms with Gasteiger partial charge in [0.15, 0.2) is 0 Å². The molecule has 1 aromatic heterocycles. The van der Waals surface area contributed by atoms with Gasteiger partial charge >= 0.3 is 47.6 Å². The van der Waals surface area contributed by atoms with Crippen LogP contribution in [0.4, 0.5) is 65.9 Å². The van der Waals surface area contributed by atoms with Gasteiger partial charge in [0.05, 0.1) is 0 Å². The topological polar surface area (TPSA) is 38.9 Å². The van der Waals surface area contributed by atoms with E-state index in [4.69, 9.17) is 0 Å². The zero-order valence-corrected chi connectivity index (χ0v) is 14.9. The summed E-state index contributed by atoms with van der Waals surface area (Å²) in [6, 6.07) is 5.82. The SMILES string of the molecule is FC(F)(F)C(F)(F)C(F)(F)C(F)(F)C(F)(F)C(F)(F)C(F)(F)c1nc(-c2ccccc2)no1. The first kappa shape index (κ1) is 26.6. The molecule has 1 aromatic carbocycles. The normalized spacial score (nSPS) is 15.1. The summed E-state index contributed by atoms with van der Waals surface area (Å²) >= 11 is 0. The summed E-state index contributed by atoms with van der Waals surface area (Å²) in [5, 5.41) is 2.68. The average Bonchev–Trinajstić information content (AvgIpc) is 3.18. The lowest BCUT2D eigenvalue weighted by Gasteiger charge is -2.40. The Bertz CT molecular complexity index is 981. The molecular formula is C15H5F15N2O. The summed E-state index contributed by atoms with van der Waals surface area (Å²) in [5.74, 6) is -51.3. The highest BCUT2D eigenvalue weighted by molar-refractivity contribution is 5.53. The van der Waals surface area contributed by atoms with Gasteiger partial charge in [-0.15, -0.1) is 0 Å². The monoisotopic (exact) mass is 514 g/mol. The van der Waals surface area contributed by atoms with Crippen LogP contribution in [-0.2, 0) is 5.92 Å². The van der Waals surface area contributed by atoms with E-state index >= 15 is 0 Å². The van der Waals surface area contributed by atoms with E-state index in [2.05, 4.69) is 14.7 Å². The van der Waals surface area contributed by atoms with Gasteiger partial charge in [-0.25, -0.2) is 0 Å². The van der Waals surface area contributed by atoms with E-state index in [1.165, 1.54) is 18.2 Å². The van der Waals surface area contributed by atoms with Crippen LogP contribution >= 0.6 is 0 Å². The molecule has 2 aromatic rings. The van der Waals surface area contributed by atoms with Crippen LogP contribution in [-0.4, -0.2) is 45.9 Å². The van der Waals surface area contributed by atoms with Crippen molar-refractivity contribution in [3.05, 3.63) is 36.2 Å². The second kappa shape index (κ2) is 7.41. The molecule has 0 fully saturated rings. The van der Waals surface area contributed by atoms with Crippen LogP contribution in [0.2, 0.25) is 0 Å². The van der Waals surface area contributed by atoms with E-state index in [0.29, 0.717) is 0 Å². The van der Waals surface area contributed by atoms with Gasteiger partial charge in [-0.3, -0.25) is 0 Å². The first-order chi connectivity index (χ1) is 14.6. The summed E-state index contributed by atoms with van der Waals surface area (Å²) in [6.07, 6.45) is -7.66. The number of aromatic nitrogens is 2. The number of alkyl halides is 15. The third-order valence-electron chi connectivity index (χ3n) is 4.05. The zero-order valence-electron chi connectivity index (χ0n) is 14.9. The fraction of sp³-hybridized carbons (Fsp3) is 0.467. The van der Waals surface area contributed by atoms with Crippen LogP contribution in [0.15, 0.2) is 34.9 Å². The van der Waals surface area contributed by atoms with E-state index in [-0.39, 0.29) is 5.56 Å². The molecule has 0 N–H and O–H groups in total. The van der Waals surface area contributed by atoms with Crippen LogP contribution < -0.4 is 0 Å². The van der Waals surface area contributed by atoms with Crippen molar-refractivity contribution >= 4 is 0 Å². The van der Waals surface area contributed by atoms with Crippen molar-refractivity contribution in [3.8, 4) is 11.4 Å². The predicted octanol–water partition coefficient (Wildman–Crippen LogP) is 6.57. The van der Waals surface area contributed by atoms with Crippen LogP contribution in [0.3, 0.4) is 0 Å². The highest BCUT2D eigenvalue weighted by Crippen LogP contribution is 2.63. The molecule has 0 aliphatic heterocycles. The van der Waals surface area contributed by atoms with Crippen molar-refractivity contribution in [2.45, 2.75) is 41.7 Å². The van der Waals surface area contributed by atoms with Crippen LogP contribution in [0.25, 0.3) is 11.4 Å². The Balaban J connectivity index is 2.57. The summed E-state index contributed by atoms with van der Waals surface area (Å²) in [7, 11) is 0. The molecule has 0 atom stereocenters. The Morgan fingerprint density at radius 3 is 1.42 bits per heavy atom. The summed E-state index contributed by atoms with van der Waals surface area (Å²) < 4.78 is 201. The second-order valence-corrected chi connectivity index (χ2v) is 6.23. The summed E-state index contributed by atoms with van der Waals surface area (Å²) in [4.78, 5) is 2.56. The number of hydrogen-bond acceptors (Lipinski definition) is 3. The Morgan fingerprint density at radius 2 is 0.970 bits per heavy atom. The van der Waals surface area contributed by atoms with E-state index in [1.54, 1.807) is 0 Å². The average molecular weight is 514 g/mol. The number of benzene rings is 1. The van der Waals surface area contributed by atoms with Gasteiger partial charge in [0.1, 0.15) is 0 Å². The van der Waals surface area contributed by atoms with Crippen molar-refractivity contribution < 1.29 is 70.4 Å². The van der Waals surface area contributed by atoms with E-state index in [9.17, 15) is 65.9 Å². The number of rotatable bonds is 7. The molecule has 186 valence electrons. The molecule has 18 heteroatoms. The van der Waals surface area contributed by atoms with E-state index in [0.717, 1.165) is 12.1 Å². The molecule has 0 amide bonds. The van der Waals surface area contributed by atoms with Crippen molar-refractivity contribution in [1.29, 1.82) is 0 Å². The number of nitrogens with zero attached hydrogens (tertiary/aromatic N) is 2. The zero-order chi connectivity index (χ0) is 25.9. The maximum Gasteiger partial charge on any atom is 0.460 e. The van der Waals surface area contributed by atoms with E-state index in [1.807, 2.05) is 0 Å². The van der Waals surface area contributed by atoms with Crippen molar-refractivity contribution in [2.75, 3.05) is 0 Å². The van der Waals surface area contributed by atoms with Crippen LogP contribution in [0.1, 0.15) is 5.89 Å². The molecule has 0 saturated heterocycles. The van der Waals surface area contributed by atoms with Crippen LogP contribution in [0.5, 0.6) is 0 Å². The highest BCUT2D eigenvalue weighted by atomic mass is 19.4. The maximum atomic E-state index is 14.0. The fourth-order valence-corrected chi connectivity index (χ4v) is 2.16.